The highest BCUT2D eigenvalue weighted by Crippen LogP contribution is 2.25. The van der Waals surface area contributed by atoms with Crippen molar-refractivity contribution in [3.05, 3.63) is 52.0 Å². The van der Waals surface area contributed by atoms with E-state index in [1.807, 2.05) is 0 Å². The maximum Gasteiger partial charge on any atom is 0.244 e. The van der Waals surface area contributed by atoms with Crippen molar-refractivity contribution in [2.24, 2.45) is 0 Å². The first-order valence-corrected chi connectivity index (χ1v) is 6.66. The van der Waals surface area contributed by atoms with Gasteiger partial charge in [-0.15, -0.1) is 0 Å². The molecule has 0 atom stereocenters. The summed E-state index contributed by atoms with van der Waals surface area (Å²) < 4.78 is 0. The number of H-pyrrole nitrogens is 1. The van der Waals surface area contributed by atoms with Gasteiger partial charge in [0.2, 0.25) is 5.91 Å². The van der Waals surface area contributed by atoms with Gasteiger partial charge in [-0.2, -0.15) is 5.10 Å². The molecule has 0 saturated carbocycles. The predicted molar refractivity (Wildman–Crippen MR) is 78.6 cm³/mol. The second kappa shape index (κ2) is 7.07. The van der Waals surface area contributed by atoms with Crippen molar-refractivity contribution in [1.29, 1.82) is 0 Å². The van der Waals surface area contributed by atoms with Gasteiger partial charge in [-0.1, -0.05) is 29.3 Å². The lowest BCUT2D eigenvalue weighted by Crippen LogP contribution is -2.23. The molecule has 0 aliphatic heterocycles. The minimum absolute atomic E-state index is 0.222. The third-order valence-corrected chi connectivity index (χ3v) is 3.19. The molecule has 1 heterocycles. The average Bonchev–Trinajstić information content (AvgIpc) is 2.91. The van der Waals surface area contributed by atoms with E-state index in [9.17, 15) is 4.79 Å². The van der Waals surface area contributed by atoms with Gasteiger partial charge in [-0.3, -0.25) is 9.89 Å². The zero-order valence-corrected chi connectivity index (χ0v) is 11.9. The van der Waals surface area contributed by atoms with Crippen LogP contribution in [-0.2, 0) is 11.2 Å². The fraction of sp³-hybridized carbons (Fsp3) is 0.154. The third kappa shape index (κ3) is 4.08. The zero-order valence-electron chi connectivity index (χ0n) is 10.4. The van der Waals surface area contributed by atoms with E-state index < -0.39 is 0 Å². The number of benzene rings is 1. The molecule has 1 aromatic heterocycles. The molecule has 0 aliphatic rings. The van der Waals surface area contributed by atoms with Gasteiger partial charge in [-0.05, 0) is 18.2 Å². The van der Waals surface area contributed by atoms with Crippen molar-refractivity contribution in [2.75, 3.05) is 6.54 Å². The molecule has 0 radical (unpaired) electrons. The van der Waals surface area contributed by atoms with E-state index in [-0.39, 0.29) is 5.91 Å². The van der Waals surface area contributed by atoms with Crippen LogP contribution in [0, 0.1) is 0 Å². The van der Waals surface area contributed by atoms with E-state index in [0.717, 1.165) is 5.82 Å². The summed E-state index contributed by atoms with van der Waals surface area (Å²) in [4.78, 5) is 15.6. The molecule has 0 aliphatic carbocycles. The molecular weight excluding hydrogens is 299 g/mol. The summed E-state index contributed by atoms with van der Waals surface area (Å²) >= 11 is 12.0. The first-order valence-electron chi connectivity index (χ1n) is 5.91. The van der Waals surface area contributed by atoms with E-state index >= 15 is 0 Å². The number of halogens is 2. The topological polar surface area (TPSA) is 70.7 Å². The van der Waals surface area contributed by atoms with Crippen LogP contribution in [-0.4, -0.2) is 27.6 Å². The Morgan fingerprint density at radius 2 is 2.10 bits per heavy atom. The summed E-state index contributed by atoms with van der Waals surface area (Å²) in [6.45, 7) is 0.467. The number of hydrogen-bond donors (Lipinski definition) is 2. The highest BCUT2D eigenvalue weighted by Gasteiger charge is 2.03. The second-order valence-corrected chi connectivity index (χ2v) is 4.76. The molecule has 104 valence electrons. The van der Waals surface area contributed by atoms with Crippen LogP contribution in [0.15, 0.2) is 30.6 Å². The Kier molecular flexibility index (Phi) is 5.15. The van der Waals surface area contributed by atoms with Crippen molar-refractivity contribution in [1.82, 2.24) is 20.5 Å². The number of carbonyl (C=O) groups is 1. The fourth-order valence-electron chi connectivity index (χ4n) is 1.54. The van der Waals surface area contributed by atoms with E-state index in [1.54, 1.807) is 24.3 Å². The molecular formula is C13H12Cl2N4O. The largest absolute Gasteiger partial charge is 0.352 e. The molecule has 0 fully saturated rings. The molecule has 0 saturated heterocycles. The maximum atomic E-state index is 11.6. The summed E-state index contributed by atoms with van der Waals surface area (Å²) in [6, 6.07) is 5.18. The number of aromatic nitrogens is 3. The van der Waals surface area contributed by atoms with Crippen molar-refractivity contribution < 1.29 is 4.79 Å². The molecule has 7 heteroatoms. The second-order valence-electron chi connectivity index (χ2n) is 3.94. The number of rotatable bonds is 5. The van der Waals surface area contributed by atoms with Crippen molar-refractivity contribution >= 4 is 35.2 Å². The minimum Gasteiger partial charge on any atom is -0.352 e. The average molecular weight is 311 g/mol. The SMILES string of the molecule is O=C(C=Cc1c(Cl)cccc1Cl)NCCc1ncn[nH]1. The minimum atomic E-state index is -0.222. The molecule has 2 rings (SSSR count). The summed E-state index contributed by atoms with van der Waals surface area (Å²) in [5.74, 6) is 0.504. The summed E-state index contributed by atoms with van der Waals surface area (Å²) in [5, 5.41) is 10.2. The lowest BCUT2D eigenvalue weighted by molar-refractivity contribution is -0.116. The monoisotopic (exact) mass is 310 g/mol. The summed E-state index contributed by atoms with van der Waals surface area (Å²) in [7, 11) is 0. The van der Waals surface area contributed by atoms with E-state index in [1.165, 1.54) is 12.4 Å². The molecule has 2 N–H and O–H groups in total. The van der Waals surface area contributed by atoms with Crippen LogP contribution in [0.5, 0.6) is 0 Å². The van der Waals surface area contributed by atoms with Gasteiger partial charge in [-0.25, -0.2) is 4.98 Å². The Labute approximate surface area is 126 Å². The molecule has 1 amide bonds. The van der Waals surface area contributed by atoms with Gasteiger partial charge in [0, 0.05) is 34.7 Å². The summed E-state index contributed by atoms with van der Waals surface area (Å²) in [5.41, 5.74) is 0.626. The van der Waals surface area contributed by atoms with Crippen molar-refractivity contribution in [3.63, 3.8) is 0 Å². The van der Waals surface area contributed by atoms with Crippen molar-refractivity contribution in [2.45, 2.75) is 6.42 Å². The lowest BCUT2D eigenvalue weighted by Gasteiger charge is -2.02. The molecule has 20 heavy (non-hydrogen) atoms. The number of aromatic amines is 1. The Hall–Kier alpha value is -1.85. The third-order valence-electron chi connectivity index (χ3n) is 2.53. The van der Waals surface area contributed by atoms with Gasteiger partial charge in [0.1, 0.15) is 12.2 Å². The molecule has 0 bridgehead atoms. The molecule has 0 unspecified atom stereocenters. The van der Waals surface area contributed by atoms with Crippen LogP contribution in [0.25, 0.3) is 6.08 Å². The standard InChI is InChI=1S/C13H12Cl2N4O/c14-10-2-1-3-11(15)9(10)4-5-13(20)16-7-6-12-17-8-18-19-12/h1-5,8H,6-7H2,(H,16,20)(H,17,18,19). The smallest absolute Gasteiger partial charge is 0.244 e. The van der Waals surface area contributed by atoms with Gasteiger partial charge in [0.05, 0.1) is 0 Å². The van der Waals surface area contributed by atoms with Crippen LogP contribution < -0.4 is 5.32 Å². The number of nitrogens with one attached hydrogen (secondary N) is 2. The number of amides is 1. The van der Waals surface area contributed by atoms with Crippen LogP contribution >= 0.6 is 23.2 Å². The highest BCUT2D eigenvalue weighted by molar-refractivity contribution is 6.37. The predicted octanol–water partition coefficient (Wildman–Crippen LogP) is 2.48. The maximum absolute atomic E-state index is 11.6. The number of hydrogen-bond acceptors (Lipinski definition) is 3. The molecule has 5 nitrogen and oxygen atoms in total. The number of nitrogens with zero attached hydrogens (tertiary/aromatic N) is 2. The van der Waals surface area contributed by atoms with Crippen molar-refractivity contribution in [3.8, 4) is 0 Å². The van der Waals surface area contributed by atoms with Crippen LogP contribution in [0.3, 0.4) is 0 Å². The summed E-state index contributed by atoms with van der Waals surface area (Å²) in [6.07, 6.45) is 5.00. The first kappa shape index (κ1) is 14.6. The normalized spacial score (nSPS) is 10.9. The Morgan fingerprint density at radius 1 is 1.35 bits per heavy atom. The Morgan fingerprint density at radius 3 is 2.75 bits per heavy atom. The van der Waals surface area contributed by atoms with Gasteiger partial charge in [0.25, 0.3) is 0 Å². The van der Waals surface area contributed by atoms with Gasteiger partial charge < -0.3 is 5.32 Å². The Balaban J connectivity index is 1.86. The molecule has 1 aromatic carbocycles. The van der Waals surface area contributed by atoms with Crippen LogP contribution in [0.1, 0.15) is 11.4 Å². The molecule has 0 spiro atoms. The van der Waals surface area contributed by atoms with Gasteiger partial charge >= 0.3 is 0 Å². The van der Waals surface area contributed by atoms with E-state index in [4.69, 9.17) is 23.2 Å². The molecule has 2 aromatic rings. The van der Waals surface area contributed by atoms with Gasteiger partial charge in [0.15, 0.2) is 0 Å². The Bertz CT molecular complexity index is 591. The lowest BCUT2D eigenvalue weighted by atomic mass is 10.2. The first-order chi connectivity index (χ1) is 9.66. The van der Waals surface area contributed by atoms with E-state index in [0.29, 0.717) is 28.6 Å². The number of carbonyl (C=O) groups excluding carboxylic acids is 1. The van der Waals surface area contributed by atoms with E-state index in [2.05, 4.69) is 20.5 Å². The zero-order chi connectivity index (χ0) is 14.4. The fourth-order valence-corrected chi connectivity index (χ4v) is 2.07. The quantitative estimate of drug-likeness (QED) is 0.833. The van der Waals surface area contributed by atoms with Crippen LogP contribution in [0.4, 0.5) is 0 Å². The highest BCUT2D eigenvalue weighted by atomic mass is 35.5. The van der Waals surface area contributed by atoms with Crippen LogP contribution in [0.2, 0.25) is 10.0 Å².